The lowest BCUT2D eigenvalue weighted by Crippen LogP contribution is -2.44. The van der Waals surface area contributed by atoms with E-state index < -0.39 is 6.61 Å². The van der Waals surface area contributed by atoms with Crippen molar-refractivity contribution in [2.75, 3.05) is 20.7 Å². The molecule has 1 rings (SSSR count). The van der Waals surface area contributed by atoms with E-state index in [4.69, 9.17) is 4.74 Å². The van der Waals surface area contributed by atoms with E-state index in [0.717, 1.165) is 5.56 Å². The van der Waals surface area contributed by atoms with Gasteiger partial charge in [-0.15, -0.1) is 24.0 Å². The SMILES string of the molecule is CN=C(NCCc1ccc(OC)c(OC(F)F)c1)NC(C)C(C)C.I. The van der Waals surface area contributed by atoms with Gasteiger partial charge in [0.15, 0.2) is 17.5 Å². The Morgan fingerprint density at radius 1 is 1.20 bits per heavy atom. The summed E-state index contributed by atoms with van der Waals surface area (Å²) in [7, 11) is 3.13. The third-order valence-electron chi connectivity index (χ3n) is 3.74. The normalized spacial score (nSPS) is 12.6. The van der Waals surface area contributed by atoms with Gasteiger partial charge in [-0.05, 0) is 37.0 Å². The second kappa shape index (κ2) is 12.1. The summed E-state index contributed by atoms with van der Waals surface area (Å²) < 4.78 is 34.4. The molecule has 0 aliphatic carbocycles. The van der Waals surface area contributed by atoms with Crippen LogP contribution in [0, 0.1) is 5.92 Å². The van der Waals surface area contributed by atoms with Crippen LogP contribution in [-0.2, 0) is 6.42 Å². The maximum absolute atomic E-state index is 12.4. The van der Waals surface area contributed by atoms with Crippen molar-refractivity contribution >= 4 is 29.9 Å². The number of hydrogen-bond acceptors (Lipinski definition) is 3. The molecule has 0 heterocycles. The molecule has 1 aromatic carbocycles. The summed E-state index contributed by atoms with van der Waals surface area (Å²) in [4.78, 5) is 4.18. The molecule has 1 unspecified atom stereocenters. The number of nitrogens with one attached hydrogen (secondary N) is 2. The number of nitrogens with zero attached hydrogens (tertiary/aromatic N) is 1. The average molecular weight is 471 g/mol. The Labute approximate surface area is 165 Å². The van der Waals surface area contributed by atoms with E-state index in [1.165, 1.54) is 7.11 Å². The highest BCUT2D eigenvalue weighted by atomic mass is 127. The average Bonchev–Trinajstić information content (AvgIpc) is 2.53. The molecule has 0 bridgehead atoms. The number of ether oxygens (including phenoxy) is 2. The molecule has 8 heteroatoms. The van der Waals surface area contributed by atoms with Gasteiger partial charge in [-0.3, -0.25) is 4.99 Å². The van der Waals surface area contributed by atoms with Crippen LogP contribution in [0.5, 0.6) is 11.5 Å². The lowest BCUT2D eigenvalue weighted by molar-refractivity contribution is -0.0512. The number of methoxy groups -OCH3 is 1. The van der Waals surface area contributed by atoms with Crippen LogP contribution < -0.4 is 20.1 Å². The van der Waals surface area contributed by atoms with Gasteiger partial charge in [0.1, 0.15) is 0 Å². The summed E-state index contributed by atoms with van der Waals surface area (Å²) in [5.74, 6) is 1.53. The highest BCUT2D eigenvalue weighted by molar-refractivity contribution is 14.0. The number of benzene rings is 1. The molecular weight excluding hydrogens is 443 g/mol. The molecule has 5 nitrogen and oxygen atoms in total. The van der Waals surface area contributed by atoms with Gasteiger partial charge in [0.2, 0.25) is 0 Å². The van der Waals surface area contributed by atoms with Crippen LogP contribution in [0.1, 0.15) is 26.3 Å². The van der Waals surface area contributed by atoms with E-state index in [1.807, 2.05) is 6.07 Å². The molecule has 0 amide bonds. The van der Waals surface area contributed by atoms with Gasteiger partial charge in [0, 0.05) is 19.6 Å². The topological polar surface area (TPSA) is 54.9 Å². The van der Waals surface area contributed by atoms with Gasteiger partial charge in [0.25, 0.3) is 0 Å². The van der Waals surface area contributed by atoms with Crippen molar-refractivity contribution in [3.8, 4) is 11.5 Å². The van der Waals surface area contributed by atoms with Crippen molar-refractivity contribution in [2.45, 2.75) is 39.8 Å². The smallest absolute Gasteiger partial charge is 0.387 e. The highest BCUT2D eigenvalue weighted by Crippen LogP contribution is 2.29. The minimum atomic E-state index is -2.88. The predicted octanol–water partition coefficient (Wildman–Crippen LogP) is 3.67. The first-order chi connectivity index (χ1) is 11.4. The number of guanidine groups is 1. The summed E-state index contributed by atoms with van der Waals surface area (Å²) >= 11 is 0. The van der Waals surface area contributed by atoms with E-state index in [0.29, 0.717) is 30.9 Å². The lowest BCUT2D eigenvalue weighted by atomic mass is 10.1. The molecule has 144 valence electrons. The van der Waals surface area contributed by atoms with Gasteiger partial charge in [-0.2, -0.15) is 8.78 Å². The quantitative estimate of drug-likeness (QED) is 0.345. The van der Waals surface area contributed by atoms with Crippen molar-refractivity contribution in [3.05, 3.63) is 23.8 Å². The molecule has 0 saturated carbocycles. The van der Waals surface area contributed by atoms with Crippen LogP contribution in [-0.4, -0.2) is 39.3 Å². The van der Waals surface area contributed by atoms with Crippen LogP contribution in [0.25, 0.3) is 0 Å². The lowest BCUT2D eigenvalue weighted by Gasteiger charge is -2.20. The summed E-state index contributed by atoms with van der Waals surface area (Å²) in [6.07, 6.45) is 0.639. The Hall–Kier alpha value is -1.32. The summed E-state index contributed by atoms with van der Waals surface area (Å²) in [6.45, 7) is 4.09. The number of aliphatic imine (C=N–C) groups is 1. The van der Waals surface area contributed by atoms with Gasteiger partial charge in [-0.25, -0.2) is 0 Å². The molecule has 0 aliphatic heterocycles. The van der Waals surface area contributed by atoms with Crippen LogP contribution in [0.15, 0.2) is 23.2 Å². The molecule has 0 aliphatic rings. The molecule has 0 radical (unpaired) electrons. The second-order valence-corrected chi connectivity index (χ2v) is 5.79. The van der Waals surface area contributed by atoms with Crippen molar-refractivity contribution in [2.24, 2.45) is 10.9 Å². The fraction of sp³-hybridized carbons (Fsp3) is 0.588. The zero-order valence-corrected chi connectivity index (χ0v) is 17.6. The Balaban J connectivity index is 0.00000576. The zero-order chi connectivity index (χ0) is 18.1. The Morgan fingerprint density at radius 3 is 2.40 bits per heavy atom. The van der Waals surface area contributed by atoms with E-state index in [9.17, 15) is 8.78 Å². The van der Waals surface area contributed by atoms with E-state index in [1.54, 1.807) is 19.2 Å². The first-order valence-corrected chi connectivity index (χ1v) is 7.96. The van der Waals surface area contributed by atoms with Crippen molar-refractivity contribution in [1.29, 1.82) is 0 Å². The van der Waals surface area contributed by atoms with Gasteiger partial charge < -0.3 is 20.1 Å². The minimum Gasteiger partial charge on any atom is -0.493 e. The maximum Gasteiger partial charge on any atom is 0.387 e. The highest BCUT2D eigenvalue weighted by Gasteiger charge is 2.12. The summed E-state index contributed by atoms with van der Waals surface area (Å²) in [5.41, 5.74) is 0.867. The van der Waals surface area contributed by atoms with Gasteiger partial charge in [-0.1, -0.05) is 19.9 Å². The van der Waals surface area contributed by atoms with Crippen LogP contribution >= 0.6 is 24.0 Å². The third kappa shape index (κ3) is 8.55. The predicted molar refractivity (Wildman–Crippen MR) is 108 cm³/mol. The number of halogens is 3. The third-order valence-corrected chi connectivity index (χ3v) is 3.74. The summed E-state index contributed by atoms with van der Waals surface area (Å²) in [5, 5.41) is 6.51. The fourth-order valence-corrected chi connectivity index (χ4v) is 1.97. The first kappa shape index (κ1) is 23.7. The van der Waals surface area contributed by atoms with Gasteiger partial charge in [0.05, 0.1) is 7.11 Å². The van der Waals surface area contributed by atoms with E-state index >= 15 is 0 Å². The first-order valence-electron chi connectivity index (χ1n) is 7.96. The van der Waals surface area contributed by atoms with Crippen LogP contribution in [0.3, 0.4) is 0 Å². The van der Waals surface area contributed by atoms with Gasteiger partial charge >= 0.3 is 6.61 Å². The van der Waals surface area contributed by atoms with Crippen molar-refractivity contribution < 1.29 is 18.3 Å². The zero-order valence-electron chi connectivity index (χ0n) is 15.3. The molecule has 0 saturated heterocycles. The fourth-order valence-electron chi connectivity index (χ4n) is 1.97. The molecule has 1 aromatic rings. The number of hydrogen-bond donors (Lipinski definition) is 2. The molecule has 0 fully saturated rings. The summed E-state index contributed by atoms with van der Waals surface area (Å²) in [6, 6.07) is 5.31. The molecule has 1 atom stereocenters. The molecule has 2 N–H and O–H groups in total. The molecule has 25 heavy (non-hydrogen) atoms. The molecular formula is C17H28F2IN3O2. The number of rotatable bonds is 8. The molecule has 0 spiro atoms. The number of alkyl halides is 2. The minimum absolute atomic E-state index is 0. The second-order valence-electron chi connectivity index (χ2n) is 5.79. The standard InChI is InChI=1S/C17H27F2N3O2.HI/c1-11(2)12(3)22-17(20-4)21-9-8-13-6-7-14(23-5)15(10-13)24-16(18)19;/h6-7,10-12,16H,8-9H2,1-5H3,(H2,20,21,22);1H. The van der Waals surface area contributed by atoms with Crippen molar-refractivity contribution in [3.63, 3.8) is 0 Å². The molecule has 0 aromatic heterocycles. The Bertz CT molecular complexity index is 543. The van der Waals surface area contributed by atoms with E-state index in [-0.39, 0.29) is 35.5 Å². The van der Waals surface area contributed by atoms with Crippen LogP contribution in [0.2, 0.25) is 0 Å². The Morgan fingerprint density at radius 2 is 1.88 bits per heavy atom. The van der Waals surface area contributed by atoms with Crippen LogP contribution in [0.4, 0.5) is 8.78 Å². The monoisotopic (exact) mass is 471 g/mol. The Kier molecular flexibility index (Phi) is 11.5. The van der Waals surface area contributed by atoms with E-state index in [2.05, 4.69) is 41.1 Å². The van der Waals surface area contributed by atoms with Crippen molar-refractivity contribution in [1.82, 2.24) is 10.6 Å². The maximum atomic E-state index is 12.4. The largest absolute Gasteiger partial charge is 0.493 e.